The fourth-order valence-electron chi connectivity index (χ4n) is 0.743. The summed E-state index contributed by atoms with van der Waals surface area (Å²) in [6.45, 7) is 0. The molecule has 0 saturated heterocycles. The normalized spacial score (nSPS) is 10.7. The molecule has 0 atom stereocenters. The predicted molar refractivity (Wildman–Crippen MR) is 50.2 cm³/mol. The molecule has 78 valence electrons. The van der Waals surface area contributed by atoms with Crippen LogP contribution in [-0.4, -0.2) is 18.1 Å². The van der Waals surface area contributed by atoms with Crippen LogP contribution in [0.5, 0.6) is 5.75 Å². The molecule has 0 saturated carbocycles. The first-order valence-electron chi connectivity index (χ1n) is 3.52. The van der Waals surface area contributed by atoms with Crippen LogP contribution in [0.4, 0.5) is 0 Å². The molecule has 0 spiro atoms. The van der Waals surface area contributed by atoms with E-state index < -0.39 is 10.4 Å². The van der Waals surface area contributed by atoms with Crippen molar-refractivity contribution in [1.82, 2.24) is 0 Å². The van der Waals surface area contributed by atoms with Gasteiger partial charge < -0.3 is 9.66 Å². The second kappa shape index (κ2) is 6.74. The molecule has 5 nitrogen and oxygen atoms in total. The van der Waals surface area contributed by atoms with Crippen molar-refractivity contribution in [2.45, 2.75) is 5.75 Å². The average Bonchev–Trinajstić information content (AvgIpc) is 2.06. The molecule has 0 aliphatic rings. The summed E-state index contributed by atoms with van der Waals surface area (Å²) in [5.74, 6) is 0.345. The number of hydrogen-bond donors (Lipinski definition) is 1. The average molecular weight is 258 g/mol. The Morgan fingerprint density at radius 2 is 1.87 bits per heavy atom. The minimum atomic E-state index is -4.64. The molecular weight excluding hydrogens is 251 g/mol. The first-order valence-corrected chi connectivity index (χ1v) is 5.76. The maximum absolute atomic E-state index is 10.0. The molecule has 1 aromatic rings. The predicted octanol–water partition coefficient (Wildman–Crippen LogP) is -1.98. The van der Waals surface area contributed by atoms with Crippen LogP contribution in [0.1, 0.15) is 5.56 Å². The molecule has 0 aliphatic carbocycles. The maximum atomic E-state index is 10.0. The van der Waals surface area contributed by atoms with Gasteiger partial charge in [-0.15, -0.1) is 0 Å². The van der Waals surface area contributed by atoms with E-state index >= 15 is 0 Å². The van der Waals surface area contributed by atoms with Gasteiger partial charge in [0.1, 0.15) is 5.75 Å². The van der Waals surface area contributed by atoms with Crippen LogP contribution in [0.2, 0.25) is 0 Å². The van der Waals surface area contributed by atoms with Gasteiger partial charge in [-0.1, -0.05) is 12.1 Å². The molecule has 0 bridgehead atoms. The Morgan fingerprint density at radius 3 is 2.33 bits per heavy atom. The van der Waals surface area contributed by atoms with E-state index in [4.69, 9.17) is 5.11 Å². The summed E-state index contributed by atoms with van der Waals surface area (Å²) < 4.78 is 34.0. The molecule has 0 aliphatic heterocycles. The van der Waals surface area contributed by atoms with Gasteiger partial charge in [-0.05, 0) is 17.7 Å². The van der Waals surface area contributed by atoms with Gasteiger partial charge in [0.25, 0.3) is 0 Å². The molecule has 0 amide bonds. The molecule has 0 aromatic heterocycles. The first kappa shape index (κ1) is 15.2. The van der Waals surface area contributed by atoms with E-state index in [1.54, 1.807) is 12.1 Å². The number of aromatic hydroxyl groups is 1. The molecule has 0 heterocycles. The summed E-state index contributed by atoms with van der Waals surface area (Å²) in [5, 5.41) is 8.93. The monoisotopic (exact) mass is 258 g/mol. The van der Waals surface area contributed by atoms with E-state index in [0.717, 1.165) is 5.56 Å². The minimum absolute atomic E-state index is 0. The summed E-state index contributed by atoms with van der Waals surface area (Å²) in [5.41, 5.74) is 0.747. The molecule has 1 aromatic carbocycles. The van der Waals surface area contributed by atoms with Crippen LogP contribution in [0, 0.1) is 0 Å². The fraction of sp³-hybridized carbons (Fsp3) is 0.143. The molecule has 1 N–H and O–H groups in total. The SMILES string of the molecule is O=S(=O)([O-])OSCc1ccc(O)cc1.[Na+]. The summed E-state index contributed by atoms with van der Waals surface area (Å²) >= 11 is 0.537. The Balaban J connectivity index is 0.00000196. The Morgan fingerprint density at radius 1 is 1.33 bits per heavy atom. The molecule has 8 heteroatoms. The zero-order valence-electron chi connectivity index (χ0n) is 7.91. The fourth-order valence-corrected chi connectivity index (χ4v) is 1.74. The standard InChI is InChI=1S/C7H8O5S2.Na/c8-7-3-1-6(2-4-7)5-13-12-14(9,10)11;/h1-4,8H,5H2,(H,9,10,11);/q;+1/p-1. The minimum Gasteiger partial charge on any atom is -0.725 e. The summed E-state index contributed by atoms with van der Waals surface area (Å²) in [7, 11) is -4.64. The smallest absolute Gasteiger partial charge is 0.725 e. The summed E-state index contributed by atoms with van der Waals surface area (Å²) in [6.07, 6.45) is 0. The first-order chi connectivity index (χ1) is 6.47. The van der Waals surface area contributed by atoms with Crippen molar-refractivity contribution in [2.24, 2.45) is 0 Å². The van der Waals surface area contributed by atoms with Gasteiger partial charge in [-0.25, -0.2) is 12.0 Å². The second-order valence-corrected chi connectivity index (χ2v) is 4.29. The van der Waals surface area contributed by atoms with Gasteiger partial charge in [-0.2, -0.15) is 0 Å². The Labute approximate surface area is 114 Å². The van der Waals surface area contributed by atoms with Gasteiger partial charge in [-0.3, -0.25) is 0 Å². The van der Waals surface area contributed by atoms with Crippen molar-refractivity contribution in [3.8, 4) is 5.75 Å². The summed E-state index contributed by atoms with van der Waals surface area (Å²) in [6, 6.07) is 6.12. The van der Waals surface area contributed by atoms with Crippen molar-refractivity contribution < 1.29 is 51.3 Å². The zero-order chi connectivity index (χ0) is 10.6. The van der Waals surface area contributed by atoms with E-state index in [9.17, 15) is 13.0 Å². The van der Waals surface area contributed by atoms with Gasteiger partial charge in [0.2, 0.25) is 10.4 Å². The number of rotatable bonds is 4. The molecule has 0 unspecified atom stereocenters. The Kier molecular flexibility index (Phi) is 6.85. The Hall–Kier alpha value is 0.240. The largest absolute Gasteiger partial charge is 1.00 e. The third-order valence-electron chi connectivity index (χ3n) is 1.29. The van der Waals surface area contributed by atoms with Gasteiger partial charge in [0.15, 0.2) is 0 Å². The molecule has 15 heavy (non-hydrogen) atoms. The van der Waals surface area contributed by atoms with Gasteiger partial charge in [0.05, 0.1) is 0 Å². The number of hydrogen-bond acceptors (Lipinski definition) is 6. The number of phenols is 1. The quantitative estimate of drug-likeness (QED) is 0.291. The van der Waals surface area contributed by atoms with E-state index in [0.29, 0.717) is 12.0 Å². The van der Waals surface area contributed by atoms with Crippen molar-refractivity contribution in [2.75, 3.05) is 0 Å². The second-order valence-electron chi connectivity index (χ2n) is 2.40. The van der Waals surface area contributed by atoms with Crippen LogP contribution < -0.4 is 29.6 Å². The molecule has 0 fully saturated rings. The topological polar surface area (TPSA) is 86.7 Å². The third-order valence-corrected chi connectivity index (χ3v) is 2.80. The van der Waals surface area contributed by atoms with Crippen LogP contribution in [0.3, 0.4) is 0 Å². The van der Waals surface area contributed by atoms with E-state index in [1.165, 1.54) is 12.1 Å². The molecular formula is C7H7NaO5S2. The number of phenolic OH excluding ortho intramolecular Hbond substituents is 1. The zero-order valence-corrected chi connectivity index (χ0v) is 11.5. The maximum Gasteiger partial charge on any atom is 1.00 e. The van der Waals surface area contributed by atoms with E-state index in [2.05, 4.69) is 3.63 Å². The number of benzene rings is 1. The van der Waals surface area contributed by atoms with Crippen LogP contribution in [0.15, 0.2) is 24.3 Å². The van der Waals surface area contributed by atoms with E-state index in [-0.39, 0.29) is 41.1 Å². The van der Waals surface area contributed by atoms with Crippen LogP contribution in [-0.2, 0) is 19.8 Å². The molecule has 0 radical (unpaired) electrons. The van der Waals surface area contributed by atoms with Gasteiger partial charge in [0, 0.05) is 17.8 Å². The van der Waals surface area contributed by atoms with E-state index in [1.807, 2.05) is 0 Å². The van der Waals surface area contributed by atoms with Crippen molar-refractivity contribution >= 4 is 22.4 Å². The van der Waals surface area contributed by atoms with Crippen molar-refractivity contribution in [3.05, 3.63) is 29.8 Å². The van der Waals surface area contributed by atoms with Crippen molar-refractivity contribution in [3.63, 3.8) is 0 Å². The van der Waals surface area contributed by atoms with Crippen LogP contribution >= 0.6 is 12.0 Å². The third kappa shape index (κ3) is 7.18. The Bertz CT molecular complexity index is 388. The van der Waals surface area contributed by atoms with Crippen LogP contribution in [0.25, 0.3) is 0 Å². The summed E-state index contributed by atoms with van der Waals surface area (Å²) in [4.78, 5) is 0. The van der Waals surface area contributed by atoms with Gasteiger partial charge >= 0.3 is 29.6 Å². The molecule has 1 rings (SSSR count). The van der Waals surface area contributed by atoms with Crippen molar-refractivity contribution in [1.29, 1.82) is 0 Å².